The molecule has 4 N–H and O–H groups in total. The normalized spacial score (nSPS) is 27.4. The largest absolute Gasteiger partial charge is 0.508 e. The fourth-order valence-corrected chi connectivity index (χ4v) is 4.92. The van der Waals surface area contributed by atoms with E-state index in [1.807, 2.05) is 19.2 Å². The molecule has 1 heterocycles. The van der Waals surface area contributed by atoms with Crippen molar-refractivity contribution in [2.24, 2.45) is 0 Å². The number of unbranched alkanes of at least 4 members (excludes halogenated alkanes) is 1. The van der Waals surface area contributed by atoms with Crippen molar-refractivity contribution in [3.05, 3.63) is 29.3 Å². The Morgan fingerprint density at radius 3 is 2.40 bits per heavy atom. The van der Waals surface area contributed by atoms with Crippen LogP contribution in [-0.2, 0) is 17.6 Å². The van der Waals surface area contributed by atoms with Gasteiger partial charge in [-0.05, 0) is 81.8 Å². The summed E-state index contributed by atoms with van der Waals surface area (Å²) in [5.74, 6) is -0.0121. The molecule has 0 unspecified atom stereocenters. The predicted molar refractivity (Wildman–Crippen MR) is 115 cm³/mol. The van der Waals surface area contributed by atoms with Gasteiger partial charge in [-0.15, -0.1) is 0 Å². The molecule has 1 saturated heterocycles. The maximum atomic E-state index is 12.3. The smallest absolute Gasteiger partial charge is 0.322 e. The number of imide groups is 1. The third-order valence-corrected chi connectivity index (χ3v) is 7.04. The van der Waals surface area contributed by atoms with Crippen molar-refractivity contribution in [3.8, 4) is 5.75 Å². The lowest BCUT2D eigenvalue weighted by molar-refractivity contribution is -0.130. The van der Waals surface area contributed by atoms with E-state index in [0.717, 1.165) is 36.9 Å². The van der Waals surface area contributed by atoms with Crippen molar-refractivity contribution in [2.45, 2.75) is 82.4 Å². The van der Waals surface area contributed by atoms with Gasteiger partial charge < -0.3 is 20.4 Å². The second-order valence-corrected chi connectivity index (χ2v) is 8.94. The summed E-state index contributed by atoms with van der Waals surface area (Å²) in [6.45, 7) is 5.01. The van der Waals surface area contributed by atoms with Crippen LogP contribution in [0.4, 0.5) is 4.79 Å². The average molecular weight is 418 g/mol. The number of hydrogen-bond donors (Lipinski definition) is 4. The number of phenols is 1. The molecule has 3 rings (SSSR count). The lowest BCUT2D eigenvalue weighted by Crippen LogP contribution is -2.60. The Balaban J connectivity index is 1.82. The van der Waals surface area contributed by atoms with Gasteiger partial charge in [-0.3, -0.25) is 10.1 Å². The van der Waals surface area contributed by atoms with Crippen LogP contribution in [0.3, 0.4) is 0 Å². The number of aliphatic hydroxyl groups is 1. The third-order valence-electron chi connectivity index (χ3n) is 7.04. The Kier molecular flexibility index (Phi) is 6.72. The summed E-state index contributed by atoms with van der Waals surface area (Å²) in [7, 11) is 2.02. The Bertz CT molecular complexity index is 787. The fourth-order valence-electron chi connectivity index (χ4n) is 4.92. The van der Waals surface area contributed by atoms with Gasteiger partial charge in [-0.2, -0.15) is 0 Å². The summed E-state index contributed by atoms with van der Waals surface area (Å²) in [5.41, 5.74) is 0.435. The zero-order valence-electron chi connectivity index (χ0n) is 18.3. The second-order valence-electron chi connectivity index (χ2n) is 8.94. The van der Waals surface area contributed by atoms with Crippen molar-refractivity contribution < 1.29 is 19.8 Å². The molecule has 1 atom stereocenters. The topological polar surface area (TPSA) is 102 Å². The van der Waals surface area contributed by atoms with Crippen LogP contribution in [0.2, 0.25) is 0 Å². The Morgan fingerprint density at radius 2 is 1.83 bits per heavy atom. The van der Waals surface area contributed by atoms with Gasteiger partial charge in [0.25, 0.3) is 5.91 Å². The highest BCUT2D eigenvalue weighted by molar-refractivity contribution is 6.07. The number of phenolic OH excluding ortho intramolecular Hbond substituents is 1. The molecule has 2 fully saturated rings. The van der Waals surface area contributed by atoms with Gasteiger partial charge in [0, 0.05) is 6.04 Å². The van der Waals surface area contributed by atoms with E-state index in [0.29, 0.717) is 32.1 Å². The first-order valence-corrected chi connectivity index (χ1v) is 11.1. The molecular weight excluding hydrogens is 382 g/mol. The summed E-state index contributed by atoms with van der Waals surface area (Å²) in [6, 6.07) is 4.95. The van der Waals surface area contributed by atoms with E-state index in [2.05, 4.69) is 29.4 Å². The van der Waals surface area contributed by atoms with Crippen LogP contribution < -0.4 is 10.6 Å². The number of aromatic hydroxyl groups is 1. The van der Waals surface area contributed by atoms with Gasteiger partial charge in [0.1, 0.15) is 11.3 Å². The zero-order valence-corrected chi connectivity index (χ0v) is 18.3. The minimum absolute atomic E-state index is 0.120. The van der Waals surface area contributed by atoms with Gasteiger partial charge in [0.15, 0.2) is 0 Å². The van der Waals surface area contributed by atoms with E-state index in [1.54, 1.807) is 6.07 Å². The van der Waals surface area contributed by atoms with Gasteiger partial charge in [0.05, 0.1) is 5.60 Å². The van der Waals surface area contributed by atoms with Crippen molar-refractivity contribution in [1.29, 1.82) is 0 Å². The average Bonchev–Trinajstić information content (AvgIpc) is 3.00. The first-order chi connectivity index (χ1) is 14.2. The number of aryl methyl sites for hydroxylation is 1. The zero-order chi connectivity index (χ0) is 21.9. The summed E-state index contributed by atoms with van der Waals surface area (Å²) < 4.78 is 0. The maximum Gasteiger partial charge on any atom is 0.322 e. The Labute approximate surface area is 178 Å². The number of nitrogens with one attached hydrogen (secondary N) is 2. The fraction of sp³-hybridized carbons (Fsp3) is 0.652. The van der Waals surface area contributed by atoms with Crippen LogP contribution in [0.15, 0.2) is 18.2 Å². The van der Waals surface area contributed by atoms with Crippen molar-refractivity contribution in [2.75, 3.05) is 13.6 Å². The minimum atomic E-state index is -0.955. The summed E-state index contributed by atoms with van der Waals surface area (Å²) in [6.07, 6.45) is 5.43. The van der Waals surface area contributed by atoms with Crippen LogP contribution in [0.5, 0.6) is 5.75 Å². The number of amides is 3. The highest BCUT2D eigenvalue weighted by Crippen LogP contribution is 2.40. The van der Waals surface area contributed by atoms with Crippen LogP contribution in [0.1, 0.15) is 63.5 Å². The molecule has 166 valence electrons. The van der Waals surface area contributed by atoms with Gasteiger partial charge in [-0.25, -0.2) is 4.79 Å². The van der Waals surface area contributed by atoms with E-state index in [1.165, 1.54) is 0 Å². The van der Waals surface area contributed by atoms with Crippen molar-refractivity contribution in [3.63, 3.8) is 0 Å². The summed E-state index contributed by atoms with van der Waals surface area (Å²) >= 11 is 0. The molecule has 1 spiro atoms. The highest BCUT2D eigenvalue weighted by Gasteiger charge is 2.53. The number of rotatable bonds is 8. The quantitative estimate of drug-likeness (QED) is 0.487. The molecule has 0 radical (unpaired) electrons. The molecule has 2 aliphatic rings. The number of hydrogen-bond acceptors (Lipinski definition) is 5. The van der Waals surface area contributed by atoms with E-state index in [-0.39, 0.29) is 17.7 Å². The third kappa shape index (κ3) is 4.47. The van der Waals surface area contributed by atoms with E-state index in [9.17, 15) is 19.8 Å². The van der Waals surface area contributed by atoms with E-state index in [4.69, 9.17) is 0 Å². The molecule has 7 nitrogen and oxygen atoms in total. The molecule has 0 bridgehead atoms. The van der Waals surface area contributed by atoms with Gasteiger partial charge in [0.2, 0.25) is 0 Å². The maximum absolute atomic E-state index is 12.3. The number of likely N-dealkylation sites (N-methyl/N-ethyl adjacent to an activating group) is 1. The monoisotopic (exact) mass is 417 g/mol. The van der Waals surface area contributed by atoms with Crippen LogP contribution in [-0.4, -0.2) is 57.8 Å². The van der Waals surface area contributed by atoms with Crippen LogP contribution in [0.25, 0.3) is 0 Å². The summed E-state index contributed by atoms with van der Waals surface area (Å²) in [4.78, 5) is 26.1. The number of benzene rings is 1. The van der Waals surface area contributed by atoms with Crippen LogP contribution in [0, 0.1) is 0 Å². The lowest BCUT2D eigenvalue weighted by Gasteiger charge is -2.47. The molecule has 7 heteroatoms. The number of carbonyl (C=O) groups excluding carboxylic acids is 2. The number of urea groups is 1. The SMILES string of the molecule is CCCCc1cc(O)ccc1C[C@@H](N(C)CC)[C@]1(O)CC[C@@]2(CC1)NC(=O)NC2=O. The molecule has 30 heavy (non-hydrogen) atoms. The van der Waals surface area contributed by atoms with Crippen LogP contribution >= 0.6 is 0 Å². The van der Waals surface area contributed by atoms with E-state index >= 15 is 0 Å². The molecule has 1 saturated carbocycles. The molecule has 1 aromatic rings. The van der Waals surface area contributed by atoms with Crippen molar-refractivity contribution in [1.82, 2.24) is 15.5 Å². The summed E-state index contributed by atoms with van der Waals surface area (Å²) in [5, 5.41) is 26.7. The Hall–Kier alpha value is -2.12. The first-order valence-electron chi connectivity index (χ1n) is 11.1. The minimum Gasteiger partial charge on any atom is -0.508 e. The molecule has 1 aliphatic carbocycles. The number of carbonyl (C=O) groups is 2. The van der Waals surface area contributed by atoms with E-state index < -0.39 is 17.2 Å². The van der Waals surface area contributed by atoms with Gasteiger partial charge in [-0.1, -0.05) is 26.3 Å². The molecular formula is C23H35N3O4. The number of nitrogens with zero attached hydrogens (tertiary/aromatic N) is 1. The second kappa shape index (κ2) is 8.94. The highest BCUT2D eigenvalue weighted by atomic mass is 16.3. The standard InChI is InChI=1S/C23H35N3O4/c1-4-6-7-16-14-18(27)9-8-17(16)15-19(26(3)5-2)23(30)12-10-22(11-13-23)20(28)24-21(29)25-22/h8-9,14,19,27,30H,4-7,10-13,15H2,1-3H3,(H2,24,25,28,29)/t19-,22-,23-/m1/s1. The molecule has 1 aliphatic heterocycles. The Morgan fingerprint density at radius 1 is 1.13 bits per heavy atom. The first kappa shape index (κ1) is 22.6. The molecule has 0 aromatic heterocycles. The lowest BCUT2D eigenvalue weighted by atomic mass is 9.69. The van der Waals surface area contributed by atoms with Gasteiger partial charge >= 0.3 is 6.03 Å². The molecule has 1 aromatic carbocycles. The predicted octanol–water partition coefficient (Wildman–Crippen LogP) is 2.48. The van der Waals surface area contributed by atoms with Crippen molar-refractivity contribution >= 4 is 11.9 Å². The molecule has 3 amide bonds.